The average Bonchev–Trinajstić information content (AvgIpc) is 3.35. The SMILES string of the molecule is Cc1cc(C(=O)COC(=O)CCNC(=O)c2cccs2)c(C)n1-c1ccccc1. The van der Waals surface area contributed by atoms with Crippen molar-refractivity contribution >= 4 is 29.0 Å². The van der Waals surface area contributed by atoms with Gasteiger partial charge in [-0.1, -0.05) is 24.3 Å². The number of hydrogen-bond donors (Lipinski definition) is 1. The number of thiophene rings is 1. The van der Waals surface area contributed by atoms with Gasteiger partial charge in [0, 0.05) is 29.2 Å². The number of ketones is 1. The van der Waals surface area contributed by atoms with E-state index in [1.54, 1.807) is 18.2 Å². The maximum Gasteiger partial charge on any atom is 0.308 e. The lowest BCUT2D eigenvalue weighted by Crippen LogP contribution is -2.26. The number of hydrogen-bond acceptors (Lipinski definition) is 5. The van der Waals surface area contributed by atoms with Crippen molar-refractivity contribution < 1.29 is 19.1 Å². The summed E-state index contributed by atoms with van der Waals surface area (Å²) in [6.07, 6.45) is 0.00737. The molecule has 0 aliphatic heterocycles. The van der Waals surface area contributed by atoms with Crippen LogP contribution in [0.5, 0.6) is 0 Å². The van der Waals surface area contributed by atoms with Gasteiger partial charge in [-0.2, -0.15) is 0 Å². The lowest BCUT2D eigenvalue weighted by atomic mass is 10.1. The summed E-state index contributed by atoms with van der Waals surface area (Å²) in [7, 11) is 0. The van der Waals surface area contributed by atoms with Crippen molar-refractivity contribution in [3.63, 3.8) is 0 Å². The van der Waals surface area contributed by atoms with Gasteiger partial charge in [0.25, 0.3) is 5.91 Å². The van der Waals surface area contributed by atoms with E-state index in [-0.39, 0.29) is 31.3 Å². The number of rotatable bonds is 8. The molecule has 2 aromatic heterocycles. The molecule has 1 amide bonds. The molecule has 0 spiro atoms. The maximum atomic E-state index is 12.5. The second kappa shape index (κ2) is 9.34. The Labute approximate surface area is 173 Å². The summed E-state index contributed by atoms with van der Waals surface area (Å²) in [5.74, 6) is -1.00. The average molecular weight is 410 g/mol. The Balaban J connectivity index is 1.52. The van der Waals surface area contributed by atoms with Crippen LogP contribution in [0, 0.1) is 13.8 Å². The first-order chi connectivity index (χ1) is 14.0. The zero-order valence-corrected chi connectivity index (χ0v) is 17.1. The molecule has 0 aliphatic rings. The highest BCUT2D eigenvalue weighted by Crippen LogP contribution is 2.21. The third kappa shape index (κ3) is 5.00. The fourth-order valence-electron chi connectivity index (χ4n) is 3.09. The van der Waals surface area contributed by atoms with Crippen LogP contribution in [0.3, 0.4) is 0 Å². The highest BCUT2D eigenvalue weighted by molar-refractivity contribution is 7.12. The van der Waals surface area contributed by atoms with Crippen LogP contribution in [0.2, 0.25) is 0 Å². The Hall–Kier alpha value is -3.19. The third-order valence-electron chi connectivity index (χ3n) is 4.47. The zero-order valence-electron chi connectivity index (χ0n) is 16.3. The lowest BCUT2D eigenvalue weighted by Gasteiger charge is -2.09. The number of aryl methyl sites for hydroxylation is 1. The molecule has 6 nitrogen and oxygen atoms in total. The molecule has 3 aromatic rings. The molecule has 0 unspecified atom stereocenters. The number of nitrogens with one attached hydrogen (secondary N) is 1. The molecule has 0 bridgehead atoms. The molecule has 7 heteroatoms. The molecule has 0 radical (unpaired) electrons. The van der Waals surface area contributed by atoms with Crippen LogP contribution in [0.15, 0.2) is 53.9 Å². The number of nitrogens with zero attached hydrogens (tertiary/aromatic N) is 1. The third-order valence-corrected chi connectivity index (χ3v) is 5.34. The summed E-state index contributed by atoms with van der Waals surface area (Å²) < 4.78 is 7.09. The standard InChI is InChI=1S/C22H22N2O4S/c1-15-13-18(16(2)24(15)17-7-4-3-5-8-17)19(25)14-28-21(26)10-11-23-22(27)20-9-6-12-29-20/h3-9,12-13H,10-11,14H2,1-2H3,(H,23,27). The van der Waals surface area contributed by atoms with Gasteiger partial charge in [-0.25, -0.2) is 0 Å². The molecule has 2 heterocycles. The Morgan fingerprint density at radius 1 is 1.07 bits per heavy atom. The van der Waals surface area contributed by atoms with Crippen molar-refractivity contribution in [3.05, 3.63) is 75.7 Å². The van der Waals surface area contributed by atoms with Crippen LogP contribution in [-0.4, -0.2) is 35.4 Å². The van der Waals surface area contributed by atoms with Gasteiger partial charge in [-0.15, -0.1) is 11.3 Å². The Bertz CT molecular complexity index is 1010. The minimum atomic E-state index is -0.526. The van der Waals surface area contributed by atoms with Crippen LogP contribution >= 0.6 is 11.3 Å². The summed E-state index contributed by atoms with van der Waals surface area (Å²) in [5.41, 5.74) is 3.24. The maximum absolute atomic E-state index is 12.5. The zero-order chi connectivity index (χ0) is 20.8. The fraction of sp³-hybridized carbons (Fsp3) is 0.227. The topological polar surface area (TPSA) is 77.4 Å². The first-order valence-corrected chi connectivity index (χ1v) is 10.1. The molecule has 0 atom stereocenters. The fourth-order valence-corrected chi connectivity index (χ4v) is 3.73. The highest BCUT2D eigenvalue weighted by Gasteiger charge is 2.18. The summed E-state index contributed by atoms with van der Waals surface area (Å²) >= 11 is 1.33. The van der Waals surface area contributed by atoms with Gasteiger partial charge in [-0.3, -0.25) is 14.4 Å². The van der Waals surface area contributed by atoms with E-state index < -0.39 is 5.97 Å². The van der Waals surface area contributed by atoms with E-state index in [1.165, 1.54) is 11.3 Å². The summed E-state index contributed by atoms with van der Waals surface area (Å²) in [6, 6.07) is 15.1. The molecular formula is C22H22N2O4S. The molecule has 0 saturated carbocycles. The number of para-hydroxylation sites is 1. The number of amides is 1. The normalized spacial score (nSPS) is 10.6. The first-order valence-electron chi connectivity index (χ1n) is 9.22. The largest absolute Gasteiger partial charge is 0.457 e. The summed E-state index contributed by atoms with van der Waals surface area (Å²) in [4.78, 5) is 36.8. The van der Waals surface area contributed by atoms with Crippen molar-refractivity contribution in [3.8, 4) is 5.69 Å². The number of aromatic nitrogens is 1. The van der Waals surface area contributed by atoms with Crippen molar-refractivity contribution in [1.29, 1.82) is 0 Å². The minimum Gasteiger partial charge on any atom is -0.457 e. The van der Waals surface area contributed by atoms with Crippen LogP contribution in [-0.2, 0) is 9.53 Å². The smallest absolute Gasteiger partial charge is 0.308 e. The van der Waals surface area contributed by atoms with Crippen molar-refractivity contribution in [2.45, 2.75) is 20.3 Å². The lowest BCUT2D eigenvalue weighted by molar-refractivity contribution is -0.142. The molecule has 150 valence electrons. The molecule has 0 fully saturated rings. The number of esters is 1. The van der Waals surface area contributed by atoms with Crippen LogP contribution in [0.1, 0.15) is 37.8 Å². The Morgan fingerprint density at radius 2 is 1.83 bits per heavy atom. The van der Waals surface area contributed by atoms with Gasteiger partial charge in [0.2, 0.25) is 5.78 Å². The van der Waals surface area contributed by atoms with Gasteiger partial charge < -0.3 is 14.6 Å². The van der Waals surface area contributed by atoms with Crippen molar-refractivity contribution in [1.82, 2.24) is 9.88 Å². The molecular weight excluding hydrogens is 388 g/mol. The predicted molar refractivity (Wildman–Crippen MR) is 112 cm³/mol. The van der Waals surface area contributed by atoms with Crippen molar-refractivity contribution in [2.75, 3.05) is 13.2 Å². The highest BCUT2D eigenvalue weighted by atomic mass is 32.1. The van der Waals surface area contributed by atoms with E-state index in [0.717, 1.165) is 17.1 Å². The predicted octanol–water partition coefficient (Wildman–Crippen LogP) is 3.70. The van der Waals surface area contributed by atoms with Gasteiger partial charge in [0.1, 0.15) is 0 Å². The van der Waals surface area contributed by atoms with E-state index in [4.69, 9.17) is 4.74 Å². The first kappa shape index (κ1) is 20.5. The van der Waals surface area contributed by atoms with E-state index in [1.807, 2.05) is 54.1 Å². The molecule has 1 N–H and O–H groups in total. The van der Waals surface area contributed by atoms with E-state index >= 15 is 0 Å². The van der Waals surface area contributed by atoms with Gasteiger partial charge in [0.05, 0.1) is 11.3 Å². The number of carbonyl (C=O) groups excluding carboxylic acids is 3. The number of Topliss-reactive ketones (excluding diaryl/α,β-unsaturated/α-hetero) is 1. The number of carbonyl (C=O) groups is 3. The van der Waals surface area contributed by atoms with E-state index in [2.05, 4.69) is 5.32 Å². The Morgan fingerprint density at radius 3 is 2.52 bits per heavy atom. The molecule has 1 aromatic carbocycles. The molecule has 0 saturated heterocycles. The van der Waals surface area contributed by atoms with E-state index in [0.29, 0.717) is 10.4 Å². The minimum absolute atomic E-state index is 0.00737. The van der Waals surface area contributed by atoms with Gasteiger partial charge in [0.15, 0.2) is 6.61 Å². The second-order valence-electron chi connectivity index (χ2n) is 6.52. The summed E-state index contributed by atoms with van der Waals surface area (Å²) in [6.45, 7) is 3.64. The molecule has 3 rings (SSSR count). The summed E-state index contributed by atoms with van der Waals surface area (Å²) in [5, 5.41) is 4.46. The number of ether oxygens (including phenoxy) is 1. The van der Waals surface area contributed by atoms with Crippen LogP contribution in [0.4, 0.5) is 0 Å². The van der Waals surface area contributed by atoms with Crippen LogP contribution < -0.4 is 5.32 Å². The Kier molecular flexibility index (Phi) is 6.61. The molecule has 29 heavy (non-hydrogen) atoms. The second-order valence-corrected chi connectivity index (χ2v) is 7.47. The molecule has 0 aliphatic carbocycles. The van der Waals surface area contributed by atoms with Crippen molar-refractivity contribution in [2.24, 2.45) is 0 Å². The van der Waals surface area contributed by atoms with Gasteiger partial charge >= 0.3 is 5.97 Å². The number of benzene rings is 1. The van der Waals surface area contributed by atoms with Crippen LogP contribution in [0.25, 0.3) is 5.69 Å². The van der Waals surface area contributed by atoms with Gasteiger partial charge in [-0.05, 0) is 43.5 Å². The van der Waals surface area contributed by atoms with E-state index in [9.17, 15) is 14.4 Å². The quantitative estimate of drug-likeness (QED) is 0.454. The monoisotopic (exact) mass is 410 g/mol.